The van der Waals surface area contributed by atoms with Gasteiger partial charge in [-0.1, -0.05) is 72.8 Å². The van der Waals surface area contributed by atoms with E-state index >= 15 is 0 Å². The average Bonchev–Trinajstić information content (AvgIpc) is 3.46. The summed E-state index contributed by atoms with van der Waals surface area (Å²) in [5.74, 6) is 0.862. The SMILES string of the molecule is c1cncc(-c2ccc(-c3ccc4c(c3)c3c5ccccc5ccc3n4-c3ccc(-c4nccc5ccccc45)cn3)nc2)c1. The molecule has 9 aromatic rings. The number of hydrogen-bond acceptors (Lipinski definition) is 4. The summed E-state index contributed by atoms with van der Waals surface area (Å²) in [4.78, 5) is 18.8. The summed E-state index contributed by atoms with van der Waals surface area (Å²) in [6, 6.07) is 42.4. The lowest BCUT2D eigenvalue weighted by Crippen LogP contribution is -1.98. The fourth-order valence-corrected chi connectivity index (χ4v) is 6.47. The van der Waals surface area contributed by atoms with Crippen molar-refractivity contribution in [2.24, 2.45) is 0 Å². The zero-order valence-corrected chi connectivity index (χ0v) is 24.2. The van der Waals surface area contributed by atoms with E-state index in [2.05, 4.69) is 119 Å². The van der Waals surface area contributed by atoms with Crippen LogP contribution >= 0.6 is 0 Å². The van der Waals surface area contributed by atoms with Crippen molar-refractivity contribution in [3.63, 3.8) is 0 Å². The molecule has 0 atom stereocenters. The summed E-state index contributed by atoms with van der Waals surface area (Å²) in [6.07, 6.45) is 9.37. The number of fused-ring (bicyclic) bond motifs is 6. The molecule has 0 saturated carbocycles. The van der Waals surface area contributed by atoms with Crippen molar-refractivity contribution < 1.29 is 0 Å². The van der Waals surface area contributed by atoms with E-state index < -0.39 is 0 Å². The van der Waals surface area contributed by atoms with Crippen molar-refractivity contribution >= 4 is 43.4 Å². The molecule has 5 heteroatoms. The first-order chi connectivity index (χ1) is 22.3. The van der Waals surface area contributed by atoms with Gasteiger partial charge < -0.3 is 0 Å². The summed E-state index contributed by atoms with van der Waals surface area (Å²) < 4.78 is 2.26. The second kappa shape index (κ2) is 10.2. The molecule has 0 fully saturated rings. The first-order valence-corrected chi connectivity index (χ1v) is 15.0. The maximum Gasteiger partial charge on any atom is 0.137 e. The van der Waals surface area contributed by atoms with Crippen LogP contribution in [0.3, 0.4) is 0 Å². The third-order valence-corrected chi connectivity index (χ3v) is 8.63. The third kappa shape index (κ3) is 4.17. The maximum atomic E-state index is 5.01. The van der Waals surface area contributed by atoms with Gasteiger partial charge in [-0.15, -0.1) is 0 Å². The number of benzene rings is 4. The van der Waals surface area contributed by atoms with Crippen LogP contribution in [-0.4, -0.2) is 24.5 Å². The van der Waals surface area contributed by atoms with E-state index in [1.54, 1.807) is 6.20 Å². The monoisotopic (exact) mass is 575 g/mol. The molecule has 0 aliphatic carbocycles. The van der Waals surface area contributed by atoms with Crippen LogP contribution in [0, 0.1) is 0 Å². The van der Waals surface area contributed by atoms with Crippen molar-refractivity contribution in [1.29, 1.82) is 0 Å². The van der Waals surface area contributed by atoms with Gasteiger partial charge in [0.25, 0.3) is 0 Å². The molecule has 5 aromatic heterocycles. The molecule has 0 spiro atoms. The molecule has 0 aliphatic heterocycles. The second-order valence-corrected chi connectivity index (χ2v) is 11.2. The summed E-state index contributed by atoms with van der Waals surface area (Å²) >= 11 is 0. The summed E-state index contributed by atoms with van der Waals surface area (Å²) in [5, 5.41) is 7.08. The maximum absolute atomic E-state index is 5.01. The van der Waals surface area contributed by atoms with Gasteiger partial charge in [-0.2, -0.15) is 0 Å². The van der Waals surface area contributed by atoms with Crippen molar-refractivity contribution in [3.8, 4) is 39.5 Å². The van der Waals surface area contributed by atoms with Gasteiger partial charge in [0.1, 0.15) is 5.82 Å². The van der Waals surface area contributed by atoms with Gasteiger partial charge in [-0.25, -0.2) is 4.98 Å². The number of pyridine rings is 4. The standard InChI is InChI=1S/C40H25N5/c1-3-9-32-26(6-1)12-17-37-39(32)34-22-28(35-15-11-30(24-43-35)29-8-5-20-41-23-29)13-16-36(34)45(37)38-18-14-31(25-44-38)40-33-10-4-2-7-27(33)19-21-42-40/h1-25H. The van der Waals surface area contributed by atoms with Crippen molar-refractivity contribution in [2.75, 3.05) is 0 Å². The highest BCUT2D eigenvalue weighted by Crippen LogP contribution is 2.38. The van der Waals surface area contributed by atoms with Gasteiger partial charge in [0.15, 0.2) is 0 Å². The summed E-state index contributed by atoms with van der Waals surface area (Å²) in [7, 11) is 0. The van der Waals surface area contributed by atoms with Gasteiger partial charge in [-0.05, 0) is 64.7 Å². The Morgan fingerprint density at radius 1 is 0.444 bits per heavy atom. The largest absolute Gasteiger partial charge is 0.294 e. The first-order valence-electron chi connectivity index (χ1n) is 15.0. The fourth-order valence-electron chi connectivity index (χ4n) is 6.47. The number of nitrogens with zero attached hydrogens (tertiary/aromatic N) is 5. The van der Waals surface area contributed by atoms with E-state index in [0.29, 0.717) is 0 Å². The van der Waals surface area contributed by atoms with E-state index in [1.807, 2.05) is 36.9 Å². The number of hydrogen-bond donors (Lipinski definition) is 0. The Kier molecular flexibility index (Phi) is 5.74. The Morgan fingerprint density at radius 2 is 1.20 bits per heavy atom. The van der Waals surface area contributed by atoms with E-state index in [-0.39, 0.29) is 0 Å². The lowest BCUT2D eigenvalue weighted by atomic mass is 10.0. The van der Waals surface area contributed by atoms with Crippen LogP contribution in [-0.2, 0) is 0 Å². The Hall–Kier alpha value is -6.20. The minimum absolute atomic E-state index is 0.862. The minimum atomic E-state index is 0.862. The van der Waals surface area contributed by atoms with E-state index in [1.165, 1.54) is 21.5 Å². The van der Waals surface area contributed by atoms with Crippen LogP contribution in [0.1, 0.15) is 0 Å². The van der Waals surface area contributed by atoms with Gasteiger partial charge in [0.2, 0.25) is 0 Å². The zero-order chi connectivity index (χ0) is 29.7. The van der Waals surface area contributed by atoms with Crippen LogP contribution in [0.2, 0.25) is 0 Å². The topological polar surface area (TPSA) is 56.5 Å². The minimum Gasteiger partial charge on any atom is -0.294 e. The van der Waals surface area contributed by atoms with Crippen molar-refractivity contribution in [2.45, 2.75) is 0 Å². The molecule has 4 aromatic carbocycles. The molecule has 0 saturated heterocycles. The molecule has 210 valence electrons. The van der Waals surface area contributed by atoms with Gasteiger partial charge in [0.05, 0.1) is 22.4 Å². The number of rotatable bonds is 4. The molecule has 9 rings (SSSR count). The summed E-state index contributed by atoms with van der Waals surface area (Å²) in [6.45, 7) is 0. The predicted octanol–water partition coefficient (Wildman–Crippen LogP) is 9.67. The number of aromatic nitrogens is 5. The lowest BCUT2D eigenvalue weighted by Gasteiger charge is -2.10. The zero-order valence-electron chi connectivity index (χ0n) is 24.2. The van der Waals surface area contributed by atoms with Crippen LogP contribution in [0.25, 0.3) is 82.8 Å². The van der Waals surface area contributed by atoms with Crippen LogP contribution in [0.4, 0.5) is 0 Å². The highest BCUT2D eigenvalue weighted by Gasteiger charge is 2.17. The highest BCUT2D eigenvalue weighted by atomic mass is 15.1. The molecular formula is C40H25N5. The molecular weight excluding hydrogens is 550 g/mol. The molecule has 0 amide bonds. The molecule has 0 unspecified atom stereocenters. The third-order valence-electron chi connectivity index (χ3n) is 8.63. The molecule has 5 nitrogen and oxygen atoms in total. The quantitative estimate of drug-likeness (QED) is 0.210. The van der Waals surface area contributed by atoms with Gasteiger partial charge in [-0.3, -0.25) is 19.5 Å². The molecule has 0 bridgehead atoms. The van der Waals surface area contributed by atoms with Gasteiger partial charge >= 0.3 is 0 Å². The Bertz CT molecular complexity index is 2510. The molecule has 0 N–H and O–H groups in total. The average molecular weight is 576 g/mol. The van der Waals surface area contributed by atoms with Crippen LogP contribution in [0.15, 0.2) is 152 Å². The van der Waals surface area contributed by atoms with E-state index in [0.717, 1.165) is 61.3 Å². The normalized spacial score (nSPS) is 11.6. The summed E-state index contributed by atoms with van der Waals surface area (Å²) in [5.41, 5.74) is 8.23. The highest BCUT2D eigenvalue weighted by molar-refractivity contribution is 6.21. The molecule has 45 heavy (non-hydrogen) atoms. The Balaban J connectivity index is 1.21. The lowest BCUT2D eigenvalue weighted by molar-refractivity contribution is 1.08. The van der Waals surface area contributed by atoms with Crippen molar-refractivity contribution in [3.05, 3.63) is 152 Å². The Labute approximate surface area is 259 Å². The van der Waals surface area contributed by atoms with E-state index in [4.69, 9.17) is 15.0 Å². The van der Waals surface area contributed by atoms with Crippen molar-refractivity contribution in [1.82, 2.24) is 24.5 Å². The van der Waals surface area contributed by atoms with Crippen LogP contribution < -0.4 is 0 Å². The fraction of sp³-hybridized carbons (Fsp3) is 0. The smallest absolute Gasteiger partial charge is 0.137 e. The van der Waals surface area contributed by atoms with Gasteiger partial charge in [0, 0.05) is 69.4 Å². The predicted molar refractivity (Wildman–Crippen MR) is 183 cm³/mol. The van der Waals surface area contributed by atoms with E-state index in [9.17, 15) is 0 Å². The second-order valence-electron chi connectivity index (χ2n) is 11.2. The molecule has 0 radical (unpaired) electrons. The molecule has 0 aliphatic rings. The molecule has 5 heterocycles. The van der Waals surface area contributed by atoms with Crippen LogP contribution in [0.5, 0.6) is 0 Å². The Morgan fingerprint density at radius 3 is 2.00 bits per heavy atom. The first kappa shape index (κ1) is 25.3.